The van der Waals surface area contributed by atoms with Gasteiger partial charge in [0.25, 0.3) is 0 Å². The molecule has 0 saturated carbocycles. The zero-order valence-electron chi connectivity index (χ0n) is 14.6. The van der Waals surface area contributed by atoms with Gasteiger partial charge >= 0.3 is 6.09 Å². The van der Waals surface area contributed by atoms with Gasteiger partial charge in [0.05, 0.1) is 23.1 Å². The number of amides is 1. The summed E-state index contributed by atoms with van der Waals surface area (Å²) in [6.45, 7) is 9.28. The number of alkyl carbamates (subject to hydrolysis) is 1. The van der Waals surface area contributed by atoms with Gasteiger partial charge < -0.3 is 15.0 Å². The molecule has 0 bridgehead atoms. The third-order valence-corrected chi connectivity index (χ3v) is 4.04. The second kappa shape index (κ2) is 7.73. The number of aliphatic imine (C=N–C) groups is 1. The summed E-state index contributed by atoms with van der Waals surface area (Å²) in [4.78, 5) is 22.4. The first-order valence-corrected chi connectivity index (χ1v) is 8.47. The van der Waals surface area contributed by atoms with Gasteiger partial charge in [-0.05, 0) is 51.4 Å². The van der Waals surface area contributed by atoms with Crippen molar-refractivity contribution in [1.82, 2.24) is 10.3 Å². The number of hydrogen-bond acceptors (Lipinski definition) is 6. The van der Waals surface area contributed by atoms with Crippen LogP contribution in [0.2, 0.25) is 0 Å². The molecule has 0 aliphatic carbocycles. The summed E-state index contributed by atoms with van der Waals surface area (Å²) in [6.07, 6.45) is 3.98. The van der Waals surface area contributed by atoms with Crippen LogP contribution in [0.1, 0.15) is 34.1 Å². The minimum atomic E-state index is -0.506. The second-order valence-corrected chi connectivity index (χ2v) is 7.21. The molecule has 1 amide bonds. The molecule has 2 atom stereocenters. The van der Waals surface area contributed by atoms with Gasteiger partial charge in [0, 0.05) is 19.3 Å². The highest BCUT2D eigenvalue weighted by molar-refractivity contribution is 7.78. The molecular weight excluding hydrogens is 324 g/mol. The summed E-state index contributed by atoms with van der Waals surface area (Å²) in [5.41, 5.74) is 1.14. The lowest BCUT2D eigenvalue weighted by atomic mass is 9.93. The molecule has 1 fully saturated rings. The van der Waals surface area contributed by atoms with E-state index in [9.17, 15) is 4.79 Å². The molecule has 130 valence electrons. The third-order valence-electron chi connectivity index (χ3n) is 3.94. The summed E-state index contributed by atoms with van der Waals surface area (Å²) in [7, 11) is 0. The lowest BCUT2D eigenvalue weighted by molar-refractivity contribution is 0.0483. The predicted octanol–water partition coefficient (Wildman–Crippen LogP) is 3.56. The first-order chi connectivity index (χ1) is 11.3. The Morgan fingerprint density at radius 1 is 1.54 bits per heavy atom. The first-order valence-electron chi connectivity index (χ1n) is 8.06. The van der Waals surface area contributed by atoms with E-state index in [1.165, 1.54) is 0 Å². The van der Waals surface area contributed by atoms with Crippen molar-refractivity contribution in [2.75, 3.05) is 18.0 Å². The Balaban J connectivity index is 2.11. The van der Waals surface area contributed by atoms with Gasteiger partial charge in [0.15, 0.2) is 0 Å². The third kappa shape index (κ3) is 5.01. The average molecular weight is 348 g/mol. The predicted molar refractivity (Wildman–Crippen MR) is 98.1 cm³/mol. The van der Waals surface area contributed by atoms with Crippen LogP contribution in [-0.2, 0) is 4.74 Å². The number of piperidine rings is 1. The summed E-state index contributed by atoms with van der Waals surface area (Å²) in [5, 5.41) is 5.38. The van der Waals surface area contributed by atoms with Crippen molar-refractivity contribution in [2.45, 2.75) is 45.8 Å². The number of anilines is 1. The Bertz CT molecular complexity index is 638. The van der Waals surface area contributed by atoms with Gasteiger partial charge in [-0.2, -0.15) is 4.99 Å². The van der Waals surface area contributed by atoms with Crippen LogP contribution < -0.4 is 10.2 Å². The van der Waals surface area contributed by atoms with E-state index in [0.29, 0.717) is 18.2 Å². The smallest absolute Gasteiger partial charge is 0.407 e. The van der Waals surface area contributed by atoms with Crippen LogP contribution in [0, 0.1) is 5.92 Å². The van der Waals surface area contributed by atoms with Crippen molar-refractivity contribution in [3.05, 3.63) is 18.5 Å². The molecule has 2 unspecified atom stereocenters. The minimum Gasteiger partial charge on any atom is -0.444 e. The molecule has 6 nitrogen and oxygen atoms in total. The molecule has 1 N–H and O–H groups in total. The summed E-state index contributed by atoms with van der Waals surface area (Å²) in [6, 6.07) is 1.91. The number of pyridine rings is 1. The van der Waals surface area contributed by atoms with Gasteiger partial charge in [-0.3, -0.25) is 4.98 Å². The fourth-order valence-corrected chi connectivity index (χ4v) is 2.81. The maximum Gasteiger partial charge on any atom is 0.407 e. The molecule has 0 radical (unpaired) electrons. The molecule has 0 spiro atoms. The molecule has 1 aromatic heterocycles. The molecule has 2 heterocycles. The zero-order valence-corrected chi connectivity index (χ0v) is 15.4. The number of ether oxygens (including phenoxy) is 1. The van der Waals surface area contributed by atoms with E-state index < -0.39 is 5.60 Å². The van der Waals surface area contributed by atoms with Gasteiger partial charge in [-0.25, -0.2) is 4.79 Å². The summed E-state index contributed by atoms with van der Waals surface area (Å²) < 4.78 is 5.37. The monoisotopic (exact) mass is 348 g/mol. The standard InChI is InChI=1S/C17H24N4O2S/c1-12-6-8-21(15-5-7-18-9-13(15)19-11-24)10-14(12)20-16(22)23-17(2,3)4/h5,7,9,12,14H,6,8,10H2,1-4H3,(H,20,22). The van der Waals surface area contributed by atoms with E-state index in [1.807, 2.05) is 26.8 Å². The van der Waals surface area contributed by atoms with Crippen LogP contribution in [0.15, 0.2) is 23.5 Å². The van der Waals surface area contributed by atoms with Crippen molar-refractivity contribution in [3.63, 3.8) is 0 Å². The number of nitrogens with zero attached hydrogens (tertiary/aromatic N) is 3. The summed E-state index contributed by atoms with van der Waals surface area (Å²) in [5.74, 6) is 0.369. The highest BCUT2D eigenvalue weighted by atomic mass is 32.1. The number of rotatable bonds is 3. The molecule has 1 aliphatic rings. The quantitative estimate of drug-likeness (QED) is 0.668. The fraction of sp³-hybridized carbons (Fsp3) is 0.588. The second-order valence-electron chi connectivity index (χ2n) is 7.03. The van der Waals surface area contributed by atoms with Crippen molar-refractivity contribution in [1.29, 1.82) is 0 Å². The first kappa shape index (κ1) is 18.4. The lowest BCUT2D eigenvalue weighted by Crippen LogP contribution is -2.52. The van der Waals surface area contributed by atoms with E-state index in [2.05, 4.69) is 32.3 Å². The Morgan fingerprint density at radius 2 is 2.29 bits per heavy atom. The average Bonchev–Trinajstić information content (AvgIpc) is 2.49. The molecular formula is C17H24N4O2S. The van der Waals surface area contributed by atoms with E-state index >= 15 is 0 Å². The van der Waals surface area contributed by atoms with Crippen LogP contribution >= 0.6 is 12.2 Å². The molecule has 0 aromatic carbocycles. The van der Waals surface area contributed by atoms with Crippen molar-refractivity contribution in [2.24, 2.45) is 10.9 Å². The Kier molecular flexibility index (Phi) is 5.91. The van der Waals surface area contributed by atoms with Gasteiger partial charge in [-0.15, -0.1) is 0 Å². The maximum absolute atomic E-state index is 12.1. The van der Waals surface area contributed by atoms with Crippen molar-refractivity contribution >= 4 is 34.8 Å². The number of aromatic nitrogens is 1. The van der Waals surface area contributed by atoms with Crippen LogP contribution in [0.25, 0.3) is 0 Å². The molecule has 7 heteroatoms. The van der Waals surface area contributed by atoms with Crippen LogP contribution in [0.3, 0.4) is 0 Å². The molecule has 2 rings (SSSR count). The van der Waals surface area contributed by atoms with E-state index in [1.54, 1.807) is 12.4 Å². The van der Waals surface area contributed by atoms with Crippen LogP contribution in [-0.4, -0.2) is 41.0 Å². The minimum absolute atomic E-state index is 0.00563. The highest BCUT2D eigenvalue weighted by Gasteiger charge is 2.30. The van der Waals surface area contributed by atoms with Crippen molar-refractivity contribution in [3.8, 4) is 0 Å². The SMILES string of the molecule is CC1CCN(c2ccncc2N=C=S)CC1NC(=O)OC(C)(C)C. The number of nitrogens with one attached hydrogen (secondary N) is 1. The Hall–Kier alpha value is -1.98. The topological polar surface area (TPSA) is 66.8 Å². The van der Waals surface area contributed by atoms with Gasteiger partial charge in [0.2, 0.25) is 0 Å². The lowest BCUT2D eigenvalue weighted by Gasteiger charge is -2.39. The molecule has 1 aromatic rings. The van der Waals surface area contributed by atoms with E-state index in [-0.39, 0.29) is 12.1 Å². The van der Waals surface area contributed by atoms with Crippen LogP contribution in [0.4, 0.5) is 16.2 Å². The molecule has 24 heavy (non-hydrogen) atoms. The van der Waals surface area contributed by atoms with E-state index in [4.69, 9.17) is 17.0 Å². The number of carbonyl (C=O) groups is 1. The molecule has 1 aliphatic heterocycles. The Labute approximate surface area is 148 Å². The Morgan fingerprint density at radius 3 is 2.96 bits per heavy atom. The fourth-order valence-electron chi connectivity index (χ4n) is 2.72. The summed E-state index contributed by atoms with van der Waals surface area (Å²) >= 11 is 4.71. The maximum atomic E-state index is 12.1. The van der Waals surface area contributed by atoms with Crippen molar-refractivity contribution < 1.29 is 9.53 Å². The number of carbonyl (C=O) groups excluding carboxylic acids is 1. The van der Waals surface area contributed by atoms with Gasteiger partial charge in [0.1, 0.15) is 11.3 Å². The normalized spacial score (nSPS) is 20.9. The van der Waals surface area contributed by atoms with Gasteiger partial charge in [-0.1, -0.05) is 6.92 Å². The number of isothiocyanates is 1. The molecule has 1 saturated heterocycles. The number of hydrogen-bond donors (Lipinski definition) is 1. The number of thiocarbonyl (C=S) groups is 1. The van der Waals surface area contributed by atoms with E-state index in [0.717, 1.165) is 18.7 Å². The largest absolute Gasteiger partial charge is 0.444 e. The zero-order chi connectivity index (χ0) is 17.7. The highest BCUT2D eigenvalue weighted by Crippen LogP contribution is 2.30. The van der Waals surface area contributed by atoms with Crippen LogP contribution in [0.5, 0.6) is 0 Å².